The highest BCUT2D eigenvalue weighted by atomic mass is 19.1. The molecule has 8 aromatic heterocycles. The molecule has 0 saturated carbocycles. The van der Waals surface area contributed by atoms with E-state index in [9.17, 15) is 27.6 Å². The molecule has 15 heterocycles. The number of benzene rings is 5. The van der Waals surface area contributed by atoms with E-state index in [1.54, 1.807) is 92.3 Å². The van der Waals surface area contributed by atoms with Crippen molar-refractivity contribution in [2.24, 2.45) is 11.8 Å². The second kappa shape index (κ2) is 48.9. The van der Waals surface area contributed by atoms with Crippen LogP contribution in [0, 0.1) is 36.2 Å². The summed E-state index contributed by atoms with van der Waals surface area (Å²) < 4.78 is 85.4. The average molecular weight is 2050 g/mol. The number of aryl methyl sites for hydroxylation is 1. The number of rotatable bonds is 25. The molecular weight excluding hydrogens is 1910 g/mol. The number of aromatic nitrogens is 15. The second-order valence-corrected chi connectivity index (χ2v) is 44.3. The van der Waals surface area contributed by atoms with Crippen molar-refractivity contribution in [3.05, 3.63) is 281 Å². The highest BCUT2D eigenvalue weighted by Crippen LogP contribution is 2.39. The Morgan fingerprint density at radius 3 is 1.07 bits per heavy atom. The lowest BCUT2D eigenvalue weighted by molar-refractivity contribution is 0.0578. The molecular formula is C115H141F3N22O10. The number of amides is 3. The Morgan fingerprint density at radius 1 is 0.333 bits per heavy atom. The lowest BCUT2D eigenvalue weighted by Crippen LogP contribution is -2.44. The van der Waals surface area contributed by atoms with Gasteiger partial charge in [-0.1, -0.05) is 95.2 Å². The summed E-state index contributed by atoms with van der Waals surface area (Å²) in [7, 11) is 0. The van der Waals surface area contributed by atoms with Crippen LogP contribution >= 0.6 is 0 Å². The smallest absolute Gasteiger partial charge is 0.264 e. The van der Waals surface area contributed by atoms with Crippen molar-refractivity contribution in [1.82, 2.24) is 109 Å². The fraction of sp³-hybridized carbons (Fsp3) is 0.470. The van der Waals surface area contributed by atoms with Crippen molar-refractivity contribution in [2.75, 3.05) is 72.0 Å². The van der Waals surface area contributed by atoms with Crippen molar-refractivity contribution in [3.63, 3.8) is 0 Å². The molecule has 0 unspecified atom stereocenters. The third-order valence-corrected chi connectivity index (χ3v) is 26.9. The maximum absolute atomic E-state index is 14.1. The summed E-state index contributed by atoms with van der Waals surface area (Å²) in [5, 5.41) is 8.14. The van der Waals surface area contributed by atoms with Gasteiger partial charge in [0.15, 0.2) is 0 Å². The van der Waals surface area contributed by atoms with Gasteiger partial charge in [-0.25, -0.2) is 38.1 Å². The van der Waals surface area contributed by atoms with Crippen molar-refractivity contribution in [3.8, 4) is 63.4 Å². The second-order valence-electron chi connectivity index (χ2n) is 44.3. The van der Waals surface area contributed by atoms with Gasteiger partial charge in [-0.3, -0.25) is 68.7 Å². The summed E-state index contributed by atoms with van der Waals surface area (Å²) in [5.74, 6) is 4.35. The Kier molecular flexibility index (Phi) is 35.5. The van der Waals surface area contributed by atoms with E-state index in [-0.39, 0.29) is 74.6 Å². The molecule has 13 aromatic rings. The van der Waals surface area contributed by atoms with E-state index in [1.807, 2.05) is 139 Å². The van der Waals surface area contributed by atoms with Gasteiger partial charge >= 0.3 is 0 Å². The molecule has 0 spiro atoms. The monoisotopic (exact) mass is 2050 g/mol. The fourth-order valence-corrected chi connectivity index (χ4v) is 19.5. The van der Waals surface area contributed by atoms with Gasteiger partial charge in [0.2, 0.25) is 52.8 Å². The van der Waals surface area contributed by atoms with E-state index in [2.05, 4.69) is 149 Å². The normalized spacial score (nSPS) is 16.8. The SMILES string of the molecule is CC(C)(C)Oc1nccnc1CN1CCC(CN2C(=O)c3cccc(F)c3C2=O)CC1.CC(C)(C)Oc1nccnc1CN1CCC(N2Cc3c(F)cccc3C2=O)CC1.CC(C)(C)Oc1nccnc1CN1CCC(c2nc(-c3ccccc3)no2)CC1.CC(C)(C)Oc1nccnc1CN1CCC(c2nc(-c3ccccc3F)no2)CC1.Cc1ccc(-c2ccccc2)n1CC1CCN(Cc2nccnc2OC(C)(C)C)CC1. The first-order chi connectivity index (χ1) is 71.8. The van der Waals surface area contributed by atoms with Gasteiger partial charge in [0.25, 0.3) is 17.7 Å². The number of piperidine rings is 5. The van der Waals surface area contributed by atoms with Crippen LogP contribution in [0.4, 0.5) is 13.2 Å². The van der Waals surface area contributed by atoms with Gasteiger partial charge in [-0.15, -0.1) is 0 Å². The van der Waals surface area contributed by atoms with E-state index in [0.29, 0.717) is 108 Å². The van der Waals surface area contributed by atoms with Gasteiger partial charge in [0.1, 0.15) is 73.9 Å². The minimum atomic E-state index is -0.634. The number of nitrogens with zero attached hydrogens (tertiary/aromatic N) is 22. The number of carbonyl (C=O) groups excluding carboxylic acids is 3. The van der Waals surface area contributed by atoms with Crippen molar-refractivity contribution in [1.29, 1.82) is 0 Å². The lowest BCUT2D eigenvalue weighted by atomic mass is 9.96. The first-order valence-electron chi connectivity index (χ1n) is 52.3. The van der Waals surface area contributed by atoms with Crippen molar-refractivity contribution < 1.29 is 60.3 Å². The standard InChI is InChI=1S/C26H34N4O.C23H27FN4O3.C22H26FN5O2.C22H27FN4O2.C22H27N5O2/c1-20-10-11-24(22-8-6-5-7-9-22)30(20)18-21-12-16-29(17-13-21)19-23-25(28-15-14-27-23)31-26(2,3)4;1-23(2,3)31-20-18(25-9-10-26-20)14-27-11-7-15(8-12-27)13-28-21(29)16-5-4-6-17(24)19(16)22(28)30;1-22(2,3)29-21-18(24-10-11-25-21)14-28-12-8-15(9-13-28)20-26-19(27-30-20)16-6-4-5-7-17(16)23;1-22(2,3)29-20-19(24-9-10-25-20)14-26-11-7-15(8-12-26)27-13-17-16(21(27)28)5-4-6-18(17)23;1-22(2,3)28-21-18(23-11-12-24-21)15-27-13-9-17(10-14-27)20-25-19(26-29-20)16-7-5-4-6-8-16/h5-11,14-15,21H,12-13,16-19H2,1-4H3;4-6,9-10,15H,7-8,11-14H2,1-3H3;4-7,10-11,15H,8-9,12-14H2,1-3H3;4-6,9-10,15H,7-8,11-14H2,1-3H3;4-8,11-12,17H,9-10,13-15H2,1-3H3. The predicted octanol–water partition coefficient (Wildman–Crippen LogP) is 20.4. The average Bonchev–Trinajstić information content (AvgIpc) is 1.62. The number of hydrogen-bond acceptors (Lipinski definition) is 29. The molecule has 3 amide bonds. The highest BCUT2D eigenvalue weighted by molar-refractivity contribution is 6.21. The van der Waals surface area contributed by atoms with Gasteiger partial charge < -0.3 is 42.2 Å². The molecule has 32 nitrogen and oxygen atoms in total. The van der Waals surface area contributed by atoms with Crippen LogP contribution in [0.3, 0.4) is 0 Å². The van der Waals surface area contributed by atoms with E-state index in [4.69, 9.17) is 32.7 Å². The molecule has 0 atom stereocenters. The van der Waals surface area contributed by atoms with Crippen LogP contribution in [0.15, 0.2) is 204 Å². The van der Waals surface area contributed by atoms with Crippen LogP contribution in [-0.4, -0.2) is 233 Å². The molecule has 5 fully saturated rings. The Hall–Kier alpha value is -13.7. The Morgan fingerprint density at radius 2 is 0.673 bits per heavy atom. The van der Waals surface area contributed by atoms with Gasteiger partial charge in [-0.05, 0) is 293 Å². The quantitative estimate of drug-likeness (QED) is 0.0480. The Labute approximate surface area is 877 Å². The topological polar surface area (TPSA) is 332 Å². The first kappa shape index (κ1) is 109. The maximum Gasteiger partial charge on any atom is 0.264 e. The van der Waals surface area contributed by atoms with E-state index in [1.165, 1.54) is 65.0 Å². The fourth-order valence-electron chi connectivity index (χ4n) is 19.5. The van der Waals surface area contributed by atoms with E-state index >= 15 is 0 Å². The molecule has 7 aliphatic rings. The number of hydrogen-bond donors (Lipinski definition) is 0. The molecule has 5 aromatic carbocycles. The van der Waals surface area contributed by atoms with Crippen LogP contribution in [0.25, 0.3) is 34.0 Å². The summed E-state index contributed by atoms with van der Waals surface area (Å²) in [6.45, 7) is 46.7. The zero-order valence-corrected chi connectivity index (χ0v) is 89.2. The predicted molar refractivity (Wildman–Crippen MR) is 563 cm³/mol. The summed E-state index contributed by atoms with van der Waals surface area (Å²) in [6.07, 6.45) is 26.4. The molecule has 20 rings (SSSR count). The number of halogens is 3. The van der Waals surface area contributed by atoms with Crippen LogP contribution in [0.1, 0.15) is 262 Å². The molecule has 7 aliphatic heterocycles. The molecule has 150 heavy (non-hydrogen) atoms. The summed E-state index contributed by atoms with van der Waals surface area (Å²) in [5.41, 5.74) is 9.08. The number of likely N-dealkylation sites (tertiary alicyclic amines) is 5. The van der Waals surface area contributed by atoms with E-state index < -0.39 is 17.6 Å². The first-order valence-corrected chi connectivity index (χ1v) is 52.3. The zero-order chi connectivity index (χ0) is 106. The Balaban J connectivity index is 0.000000133. The highest BCUT2D eigenvalue weighted by Gasteiger charge is 2.42. The molecule has 792 valence electrons. The van der Waals surface area contributed by atoms with Crippen LogP contribution < -0.4 is 23.7 Å². The molecule has 0 aliphatic carbocycles. The lowest BCUT2D eigenvalue weighted by Gasteiger charge is -2.36. The number of ether oxygens (including phenoxy) is 5. The number of fused-ring (bicyclic) bond motifs is 2. The third kappa shape index (κ3) is 29.9. The van der Waals surface area contributed by atoms with Crippen LogP contribution in [0.5, 0.6) is 29.4 Å². The van der Waals surface area contributed by atoms with Crippen LogP contribution in [0.2, 0.25) is 0 Å². The summed E-state index contributed by atoms with van der Waals surface area (Å²) in [6, 6.07) is 40.7. The zero-order valence-electron chi connectivity index (χ0n) is 89.2. The van der Waals surface area contributed by atoms with Gasteiger partial charge in [-0.2, -0.15) is 9.97 Å². The number of carbonyl (C=O) groups is 3. The van der Waals surface area contributed by atoms with Gasteiger partial charge in [0, 0.05) is 173 Å². The molecule has 0 bridgehead atoms. The van der Waals surface area contributed by atoms with Crippen LogP contribution in [-0.2, 0) is 45.8 Å². The molecule has 0 radical (unpaired) electrons. The summed E-state index contributed by atoms with van der Waals surface area (Å²) in [4.78, 5) is 106. The maximum atomic E-state index is 14.1. The Bertz CT molecular complexity index is 6640. The molecule has 35 heteroatoms. The number of imide groups is 1. The van der Waals surface area contributed by atoms with E-state index in [0.717, 1.165) is 176 Å². The van der Waals surface area contributed by atoms with Crippen molar-refractivity contribution >= 4 is 17.7 Å². The third-order valence-electron chi connectivity index (χ3n) is 26.9. The minimum absolute atomic E-state index is 0.0484. The molecule has 0 N–H and O–H groups in total. The van der Waals surface area contributed by atoms with Crippen molar-refractivity contribution in [2.45, 2.75) is 267 Å². The molecule has 5 saturated heterocycles. The minimum Gasteiger partial charge on any atom is -0.471 e. The van der Waals surface area contributed by atoms with Gasteiger partial charge in [0.05, 0.1) is 16.7 Å². The largest absolute Gasteiger partial charge is 0.471 e. The summed E-state index contributed by atoms with van der Waals surface area (Å²) >= 11 is 0.